The van der Waals surface area contributed by atoms with E-state index in [4.69, 9.17) is 5.73 Å². The molecular weight excluding hydrogens is 463 g/mol. The first-order valence-corrected chi connectivity index (χ1v) is 12.7. The van der Waals surface area contributed by atoms with Gasteiger partial charge in [0.05, 0.1) is 35.8 Å². The number of hydrogen-bond acceptors (Lipinski definition) is 3. The summed E-state index contributed by atoms with van der Waals surface area (Å²) in [4.78, 5) is 0. The van der Waals surface area contributed by atoms with E-state index in [1.165, 1.54) is 0 Å². The molecule has 0 radical (unpaired) electrons. The van der Waals surface area contributed by atoms with E-state index in [-0.39, 0.29) is 6.54 Å². The zero-order chi connectivity index (χ0) is 19.5. The molecule has 5 nitrogen and oxygen atoms in total. The molecule has 1 saturated carbocycles. The molecule has 2 heterocycles. The number of rotatable bonds is 5. The second-order valence-electron chi connectivity index (χ2n) is 6.11. The van der Waals surface area contributed by atoms with E-state index >= 15 is 0 Å². The zero-order valence-corrected chi connectivity index (χ0v) is 18.8. The standard InChI is InChI=1S/C16H20FIN5P.C2H6/c1-4-12-11(3)20-22(9-16(17)5-6-16)14(12)7-10(2)15-13(19)8-23(21-15)24-18;1-2/h4,7-8,24H,2,5-6,9,19H2,1,3H3;1-2H3/b12-4-,14-7+;. The van der Waals surface area contributed by atoms with Crippen molar-refractivity contribution in [1.29, 1.82) is 0 Å². The van der Waals surface area contributed by atoms with Gasteiger partial charge in [-0.1, -0.05) is 26.5 Å². The van der Waals surface area contributed by atoms with Gasteiger partial charge in [-0.3, -0.25) is 4.68 Å². The number of nitrogens with zero attached hydrogens (tertiary/aromatic N) is 4. The third kappa shape index (κ3) is 4.55. The Morgan fingerprint density at radius 1 is 1.46 bits per heavy atom. The van der Waals surface area contributed by atoms with Crippen molar-refractivity contribution in [2.45, 2.75) is 52.8 Å². The highest BCUT2D eigenvalue weighted by atomic mass is 127. The number of alkyl halides is 1. The van der Waals surface area contributed by atoms with Crippen LogP contribution in [0, 0.1) is 6.92 Å². The van der Waals surface area contributed by atoms with Crippen LogP contribution in [-0.4, -0.2) is 25.0 Å². The van der Waals surface area contributed by atoms with Crippen LogP contribution < -0.4 is 16.3 Å². The van der Waals surface area contributed by atoms with Crippen molar-refractivity contribution in [2.24, 2.45) is 0 Å². The Bertz CT molecular complexity index is 911. The van der Waals surface area contributed by atoms with E-state index in [2.05, 4.69) is 38.8 Å². The molecule has 0 amide bonds. The third-order valence-corrected chi connectivity index (χ3v) is 6.06. The van der Waals surface area contributed by atoms with Crippen LogP contribution in [0.25, 0.3) is 17.7 Å². The number of aromatic nitrogens is 4. The highest BCUT2D eigenvalue weighted by Gasteiger charge is 2.44. The van der Waals surface area contributed by atoms with E-state index in [0.29, 0.717) is 36.2 Å². The fraction of sp³-hybridized carbons (Fsp3) is 0.444. The molecule has 0 spiro atoms. The van der Waals surface area contributed by atoms with Crippen molar-refractivity contribution in [2.75, 3.05) is 5.73 Å². The number of hydrogen-bond donors (Lipinski definition) is 1. The molecule has 8 heteroatoms. The summed E-state index contributed by atoms with van der Waals surface area (Å²) in [7, 11) is 0. The molecule has 0 saturated heterocycles. The number of aryl methyl sites for hydroxylation is 1. The Hall–Kier alpha value is -1.21. The Morgan fingerprint density at radius 2 is 2.12 bits per heavy atom. The Kier molecular flexibility index (Phi) is 7.02. The molecule has 1 fully saturated rings. The normalized spacial score (nSPS) is 16.8. The number of anilines is 1. The molecule has 3 rings (SSSR count). The first kappa shape index (κ1) is 21.1. The molecule has 1 atom stereocenters. The van der Waals surface area contributed by atoms with Gasteiger partial charge < -0.3 is 5.73 Å². The summed E-state index contributed by atoms with van der Waals surface area (Å²) >= 11 is 2.24. The van der Waals surface area contributed by atoms with Crippen LogP contribution in [-0.2, 0) is 6.54 Å². The molecular formula is C18H26FIN5P. The molecule has 2 aromatic heterocycles. The van der Waals surface area contributed by atoms with Crippen LogP contribution in [0.5, 0.6) is 0 Å². The fourth-order valence-electron chi connectivity index (χ4n) is 2.72. The average Bonchev–Trinajstić information content (AvgIpc) is 3.10. The third-order valence-electron chi connectivity index (χ3n) is 4.17. The monoisotopic (exact) mass is 489 g/mol. The maximum absolute atomic E-state index is 14.2. The van der Waals surface area contributed by atoms with Gasteiger partial charge in [-0.2, -0.15) is 10.2 Å². The fourth-order valence-corrected chi connectivity index (χ4v) is 3.79. The molecule has 0 aliphatic heterocycles. The Balaban J connectivity index is 0.00000117. The largest absolute Gasteiger partial charge is 0.396 e. The van der Waals surface area contributed by atoms with Gasteiger partial charge in [0, 0.05) is 5.22 Å². The van der Waals surface area contributed by atoms with Crippen LogP contribution >= 0.6 is 28.4 Å². The van der Waals surface area contributed by atoms with Gasteiger partial charge in [0.2, 0.25) is 0 Å². The van der Waals surface area contributed by atoms with Crippen LogP contribution in [0.4, 0.5) is 10.1 Å². The first-order valence-electron chi connectivity index (χ1n) is 8.68. The van der Waals surface area contributed by atoms with Crippen molar-refractivity contribution >= 4 is 51.8 Å². The molecule has 2 aromatic rings. The lowest BCUT2D eigenvalue weighted by atomic mass is 10.1. The molecule has 1 aliphatic rings. The first-order chi connectivity index (χ1) is 12.4. The van der Waals surface area contributed by atoms with Crippen LogP contribution in [0.2, 0.25) is 0 Å². The zero-order valence-electron chi connectivity index (χ0n) is 15.7. The smallest absolute Gasteiger partial charge is 0.130 e. The molecule has 26 heavy (non-hydrogen) atoms. The Labute approximate surface area is 168 Å². The van der Waals surface area contributed by atoms with Gasteiger partial charge in [0.15, 0.2) is 0 Å². The molecule has 142 valence electrons. The molecule has 0 aromatic carbocycles. The second kappa shape index (κ2) is 8.65. The summed E-state index contributed by atoms with van der Waals surface area (Å²) in [5, 5.41) is 10.8. The highest BCUT2D eigenvalue weighted by molar-refractivity contribution is 14.2. The predicted molar refractivity (Wildman–Crippen MR) is 119 cm³/mol. The number of allylic oxidation sites excluding steroid dienone is 1. The lowest BCUT2D eigenvalue weighted by molar-refractivity contribution is 0.258. The number of nitrogens with two attached hydrogens (primary N) is 1. The quantitative estimate of drug-likeness (QED) is 0.516. The van der Waals surface area contributed by atoms with Gasteiger partial charge in [-0.15, -0.1) is 0 Å². The number of nitrogen functional groups attached to an aromatic ring is 1. The summed E-state index contributed by atoms with van der Waals surface area (Å²) in [5.41, 5.74) is 7.77. The van der Waals surface area contributed by atoms with E-state index < -0.39 is 5.67 Å². The second-order valence-corrected chi connectivity index (χ2v) is 8.19. The van der Waals surface area contributed by atoms with Gasteiger partial charge in [0.25, 0.3) is 0 Å². The average molecular weight is 489 g/mol. The topological polar surface area (TPSA) is 61.7 Å². The lowest BCUT2D eigenvalue weighted by Gasteiger charge is -2.06. The number of halogens is 2. The maximum atomic E-state index is 14.2. The van der Waals surface area contributed by atoms with Crippen molar-refractivity contribution in [3.63, 3.8) is 0 Å². The van der Waals surface area contributed by atoms with Crippen LogP contribution in [0.1, 0.15) is 45.0 Å². The van der Waals surface area contributed by atoms with Crippen molar-refractivity contribution < 1.29 is 4.39 Å². The minimum Gasteiger partial charge on any atom is -0.396 e. The van der Waals surface area contributed by atoms with Crippen molar-refractivity contribution in [3.8, 4) is 0 Å². The minimum atomic E-state index is -1.11. The summed E-state index contributed by atoms with van der Waals surface area (Å²) in [5.74, 6) is 0. The van der Waals surface area contributed by atoms with Crippen molar-refractivity contribution in [1.82, 2.24) is 19.3 Å². The van der Waals surface area contributed by atoms with Crippen LogP contribution in [0.3, 0.4) is 0 Å². The highest BCUT2D eigenvalue weighted by Crippen LogP contribution is 2.40. The molecule has 1 unspecified atom stereocenters. The summed E-state index contributed by atoms with van der Waals surface area (Å²) in [6, 6.07) is 0. The van der Waals surface area contributed by atoms with Gasteiger partial charge in [-0.05, 0) is 60.4 Å². The lowest BCUT2D eigenvalue weighted by Crippen LogP contribution is -2.33. The SMILES string of the molecule is C=C(/C=c1\c(=C/C)c(C)nn1CC1(F)CC1)c1nn(PI)cc1N.CC. The minimum absolute atomic E-state index is 0.278. The van der Waals surface area contributed by atoms with Crippen LogP contribution in [0.15, 0.2) is 12.8 Å². The van der Waals surface area contributed by atoms with E-state index in [1.54, 1.807) is 15.3 Å². The van der Waals surface area contributed by atoms with Gasteiger partial charge >= 0.3 is 0 Å². The molecule has 2 N–H and O–H groups in total. The van der Waals surface area contributed by atoms with Gasteiger partial charge in [0.1, 0.15) is 11.4 Å². The van der Waals surface area contributed by atoms with Gasteiger partial charge in [-0.25, -0.2) is 8.84 Å². The molecule has 1 aliphatic carbocycles. The van der Waals surface area contributed by atoms with E-state index in [0.717, 1.165) is 16.3 Å². The summed E-state index contributed by atoms with van der Waals surface area (Å²) in [6.07, 6.45) is 7.37. The maximum Gasteiger partial charge on any atom is 0.130 e. The summed E-state index contributed by atoms with van der Waals surface area (Å²) in [6.45, 7) is 12.3. The summed E-state index contributed by atoms with van der Waals surface area (Å²) < 4.78 is 17.8. The van der Waals surface area contributed by atoms with E-state index in [9.17, 15) is 4.39 Å². The molecule has 0 bridgehead atoms. The predicted octanol–water partition coefficient (Wildman–Crippen LogP) is 3.58. The van der Waals surface area contributed by atoms with E-state index in [1.807, 2.05) is 39.8 Å². The van der Waals surface area contributed by atoms with Crippen molar-refractivity contribution in [3.05, 3.63) is 34.7 Å². The Morgan fingerprint density at radius 3 is 2.62 bits per heavy atom.